The van der Waals surface area contributed by atoms with Gasteiger partial charge in [0.25, 0.3) is 0 Å². The number of amides is 2. The van der Waals surface area contributed by atoms with Crippen LogP contribution in [0, 0.1) is 17.2 Å². The highest BCUT2D eigenvalue weighted by atomic mass is 19.4. The summed E-state index contributed by atoms with van der Waals surface area (Å²) in [7, 11) is 0. The molecule has 8 nitrogen and oxygen atoms in total. The van der Waals surface area contributed by atoms with Gasteiger partial charge in [0, 0.05) is 42.3 Å². The zero-order valence-corrected chi connectivity index (χ0v) is 22.2. The summed E-state index contributed by atoms with van der Waals surface area (Å²) in [5.41, 5.74) is -1.06. The standard InChI is InChI=1S/C28H32F3N5O3/c1-26(2)13-22(37)36(25(32)35-26)23(15-6-5-9-33-14-15)17-11-18(17)24(38)34-20-12-27(3,4)39-21-8-7-16(10-19(20)21)28(29,30)31/h5-10,14,17-18,20,23H,11-13H2,1-4H3,(H2,32,35)(H,34,38)/t17-,18-,20?,23+/m1/s1. The summed E-state index contributed by atoms with van der Waals surface area (Å²) in [6, 6.07) is 5.64. The number of halogens is 3. The molecule has 1 unspecified atom stereocenters. The predicted octanol–water partition coefficient (Wildman–Crippen LogP) is 4.73. The van der Waals surface area contributed by atoms with Crippen LogP contribution < -0.4 is 15.4 Å². The van der Waals surface area contributed by atoms with Crippen LogP contribution in [0.1, 0.15) is 75.7 Å². The Hall–Kier alpha value is -3.63. The summed E-state index contributed by atoms with van der Waals surface area (Å²) in [6.45, 7) is 7.35. The Bertz CT molecular complexity index is 1290. The SMILES string of the molecule is CC1(C)CC(=O)N([C@@H](c2cccnc2)[C@@H]2C[C@H]2C(=O)NC2CC(C)(C)Oc3ccc(C(F)(F)F)cc32)C(=N)N1. The molecule has 5 rings (SSSR count). The molecule has 39 heavy (non-hydrogen) atoms. The summed E-state index contributed by atoms with van der Waals surface area (Å²) >= 11 is 0. The van der Waals surface area contributed by atoms with Gasteiger partial charge in [-0.05, 0) is 69.9 Å². The first kappa shape index (κ1) is 27.0. The maximum absolute atomic E-state index is 13.5. The Balaban J connectivity index is 1.40. The van der Waals surface area contributed by atoms with Gasteiger partial charge >= 0.3 is 6.18 Å². The van der Waals surface area contributed by atoms with Gasteiger partial charge < -0.3 is 15.4 Å². The van der Waals surface area contributed by atoms with Crippen molar-refractivity contribution in [3.63, 3.8) is 0 Å². The molecule has 2 amide bonds. The van der Waals surface area contributed by atoms with Crippen molar-refractivity contribution in [2.45, 2.75) is 76.4 Å². The van der Waals surface area contributed by atoms with Gasteiger partial charge in [-0.1, -0.05) is 6.07 Å². The number of fused-ring (bicyclic) bond motifs is 1. The van der Waals surface area contributed by atoms with E-state index in [2.05, 4.69) is 15.6 Å². The summed E-state index contributed by atoms with van der Waals surface area (Å²) < 4.78 is 46.2. The van der Waals surface area contributed by atoms with Crippen LogP contribution in [0.2, 0.25) is 0 Å². The van der Waals surface area contributed by atoms with Crippen molar-refractivity contribution in [3.05, 3.63) is 59.4 Å². The van der Waals surface area contributed by atoms with Gasteiger partial charge in [0.2, 0.25) is 11.8 Å². The fraction of sp³-hybridized carbons (Fsp3) is 0.500. The van der Waals surface area contributed by atoms with Crippen LogP contribution in [-0.2, 0) is 15.8 Å². The minimum Gasteiger partial charge on any atom is -0.487 e. The molecule has 2 fully saturated rings. The summed E-state index contributed by atoms with van der Waals surface area (Å²) in [5.74, 6) is -1.00. The number of carbonyl (C=O) groups excluding carboxylic acids is 2. The molecule has 208 valence electrons. The number of rotatable bonds is 5. The lowest BCUT2D eigenvalue weighted by Crippen LogP contribution is -2.60. The highest BCUT2D eigenvalue weighted by Crippen LogP contribution is 2.51. The molecule has 0 bridgehead atoms. The van der Waals surface area contributed by atoms with Crippen molar-refractivity contribution in [3.8, 4) is 5.75 Å². The number of benzene rings is 1. The first-order chi connectivity index (χ1) is 18.2. The number of guanidine groups is 1. The quantitative estimate of drug-likeness (QED) is 0.506. The molecule has 0 spiro atoms. The number of hydrogen-bond acceptors (Lipinski definition) is 5. The van der Waals surface area contributed by atoms with Crippen LogP contribution in [0.15, 0.2) is 42.7 Å². The van der Waals surface area contributed by atoms with E-state index >= 15 is 0 Å². The molecule has 3 aliphatic rings. The normalized spacial score (nSPS) is 26.1. The van der Waals surface area contributed by atoms with Gasteiger partial charge in [0.15, 0.2) is 5.96 Å². The molecule has 1 aromatic carbocycles. The third-order valence-electron chi connectivity index (χ3n) is 7.56. The largest absolute Gasteiger partial charge is 0.487 e. The maximum Gasteiger partial charge on any atom is 0.416 e. The number of nitrogens with one attached hydrogen (secondary N) is 3. The topological polar surface area (TPSA) is 107 Å². The van der Waals surface area contributed by atoms with Crippen LogP contribution in [-0.4, -0.2) is 38.8 Å². The van der Waals surface area contributed by atoms with Crippen LogP contribution in [0.3, 0.4) is 0 Å². The van der Waals surface area contributed by atoms with Gasteiger partial charge in [0.1, 0.15) is 11.4 Å². The Morgan fingerprint density at radius 1 is 1.26 bits per heavy atom. The Kier molecular flexibility index (Phi) is 6.38. The van der Waals surface area contributed by atoms with E-state index in [4.69, 9.17) is 10.1 Å². The van der Waals surface area contributed by atoms with E-state index in [0.717, 1.165) is 12.1 Å². The van der Waals surface area contributed by atoms with Crippen molar-refractivity contribution in [2.24, 2.45) is 11.8 Å². The third kappa shape index (κ3) is 5.44. The molecular weight excluding hydrogens is 511 g/mol. The molecule has 4 atom stereocenters. The van der Waals surface area contributed by atoms with E-state index in [-0.39, 0.29) is 35.7 Å². The summed E-state index contributed by atoms with van der Waals surface area (Å²) in [4.78, 5) is 32.3. The summed E-state index contributed by atoms with van der Waals surface area (Å²) in [6.07, 6.45) is -0.330. The molecule has 2 aliphatic heterocycles. The van der Waals surface area contributed by atoms with Crippen molar-refractivity contribution in [1.82, 2.24) is 20.5 Å². The summed E-state index contributed by atoms with van der Waals surface area (Å²) in [5, 5.41) is 14.6. The van der Waals surface area contributed by atoms with Crippen molar-refractivity contribution >= 4 is 17.8 Å². The first-order valence-electron chi connectivity index (χ1n) is 12.9. The van der Waals surface area contributed by atoms with Crippen LogP contribution >= 0.6 is 0 Å². The molecular formula is C28H32F3N5O3. The van der Waals surface area contributed by atoms with Gasteiger partial charge in [-0.15, -0.1) is 0 Å². The smallest absolute Gasteiger partial charge is 0.416 e. The molecule has 3 heterocycles. The first-order valence-corrected chi connectivity index (χ1v) is 12.9. The molecule has 1 saturated heterocycles. The second-order valence-electron chi connectivity index (χ2n) is 11.9. The van der Waals surface area contributed by atoms with E-state index in [1.54, 1.807) is 18.5 Å². The van der Waals surface area contributed by atoms with Gasteiger partial charge in [0.05, 0.1) is 17.6 Å². The fourth-order valence-electron chi connectivity index (χ4n) is 5.75. The second kappa shape index (κ2) is 9.24. The minimum atomic E-state index is -4.52. The van der Waals surface area contributed by atoms with Crippen molar-refractivity contribution in [1.29, 1.82) is 5.41 Å². The lowest BCUT2D eigenvalue weighted by molar-refractivity contribution is -0.137. The Morgan fingerprint density at radius 2 is 2.00 bits per heavy atom. The number of hydrogen-bond donors (Lipinski definition) is 3. The number of aromatic nitrogens is 1. The number of carbonyl (C=O) groups is 2. The monoisotopic (exact) mass is 543 g/mol. The number of alkyl halides is 3. The molecule has 1 aliphatic carbocycles. The minimum absolute atomic E-state index is 0.0315. The highest BCUT2D eigenvalue weighted by Gasteiger charge is 2.54. The molecule has 3 N–H and O–H groups in total. The van der Waals surface area contributed by atoms with Crippen molar-refractivity contribution < 1.29 is 27.5 Å². The van der Waals surface area contributed by atoms with Gasteiger partial charge in [-0.25, -0.2) is 0 Å². The van der Waals surface area contributed by atoms with E-state index in [1.165, 1.54) is 11.0 Å². The molecule has 11 heteroatoms. The average molecular weight is 544 g/mol. The number of pyridine rings is 1. The predicted molar refractivity (Wildman–Crippen MR) is 137 cm³/mol. The average Bonchev–Trinajstić information content (AvgIpc) is 3.60. The maximum atomic E-state index is 13.5. The van der Waals surface area contributed by atoms with Gasteiger partial charge in [-0.3, -0.25) is 24.9 Å². The van der Waals surface area contributed by atoms with Gasteiger partial charge in [-0.2, -0.15) is 13.2 Å². The van der Waals surface area contributed by atoms with Crippen LogP contribution in [0.5, 0.6) is 5.75 Å². The lowest BCUT2D eigenvalue weighted by Gasteiger charge is -2.42. The van der Waals surface area contributed by atoms with Crippen LogP contribution in [0.25, 0.3) is 0 Å². The lowest BCUT2D eigenvalue weighted by atomic mass is 9.88. The Morgan fingerprint density at radius 3 is 2.64 bits per heavy atom. The fourth-order valence-corrected chi connectivity index (χ4v) is 5.75. The molecule has 2 aromatic rings. The zero-order valence-electron chi connectivity index (χ0n) is 22.2. The molecule has 1 aromatic heterocycles. The van der Waals surface area contributed by atoms with E-state index in [9.17, 15) is 22.8 Å². The Labute approximate surface area is 224 Å². The van der Waals surface area contributed by atoms with E-state index < -0.39 is 40.9 Å². The number of nitrogens with zero attached hydrogens (tertiary/aromatic N) is 2. The van der Waals surface area contributed by atoms with Crippen molar-refractivity contribution in [2.75, 3.05) is 0 Å². The third-order valence-corrected chi connectivity index (χ3v) is 7.56. The molecule has 0 radical (unpaired) electrons. The van der Waals surface area contributed by atoms with E-state index in [0.29, 0.717) is 24.2 Å². The number of ether oxygens (including phenoxy) is 1. The second-order valence-corrected chi connectivity index (χ2v) is 11.9. The zero-order chi connectivity index (χ0) is 28.3. The molecule has 1 saturated carbocycles. The highest BCUT2D eigenvalue weighted by molar-refractivity contribution is 5.99. The van der Waals surface area contributed by atoms with Crippen LogP contribution in [0.4, 0.5) is 13.2 Å². The van der Waals surface area contributed by atoms with E-state index in [1.807, 2.05) is 33.8 Å².